The number of thioether (sulfide) groups is 1. The summed E-state index contributed by atoms with van der Waals surface area (Å²) < 4.78 is 30.4. The van der Waals surface area contributed by atoms with Crippen LogP contribution in [-0.2, 0) is 16.6 Å². The van der Waals surface area contributed by atoms with Crippen molar-refractivity contribution in [3.8, 4) is 11.1 Å². The molecule has 15 heteroatoms. The number of nitrogens with zero attached hydrogens (tertiary/aromatic N) is 6. The number of likely N-dealkylation sites (tertiary alicyclic amines) is 1. The number of aromatic nitrogens is 2. The van der Waals surface area contributed by atoms with Gasteiger partial charge in [0, 0.05) is 90.2 Å². The van der Waals surface area contributed by atoms with Gasteiger partial charge in [-0.05, 0) is 104 Å². The van der Waals surface area contributed by atoms with Gasteiger partial charge in [-0.3, -0.25) is 24.6 Å². The van der Waals surface area contributed by atoms with Gasteiger partial charge < -0.3 is 10.2 Å². The van der Waals surface area contributed by atoms with Crippen LogP contribution < -0.4 is 14.9 Å². The van der Waals surface area contributed by atoms with E-state index in [-0.39, 0.29) is 28.1 Å². The van der Waals surface area contributed by atoms with Crippen molar-refractivity contribution < 1.29 is 13.3 Å². The van der Waals surface area contributed by atoms with E-state index in [1.165, 1.54) is 36.0 Å². The van der Waals surface area contributed by atoms with Crippen LogP contribution in [0.1, 0.15) is 45.1 Å². The molecule has 12 nitrogen and oxygen atoms in total. The van der Waals surface area contributed by atoms with E-state index in [0.29, 0.717) is 33.8 Å². The van der Waals surface area contributed by atoms with Gasteiger partial charge in [0.1, 0.15) is 12.0 Å². The SMILES string of the molecule is C[C@@H]1CCC[C@H](C)N1CCC(CSc1ccccc1)Nc1ccc(S(=O)(=O)Nc2ncnc3cc(N4CCN(Cc5ccccc5-c5ccc(Cl)cc5)CC4)ccc23)cc1[N+](=O)[O-]. The maximum atomic E-state index is 13.9. The van der Waals surface area contributed by atoms with E-state index in [0.717, 1.165) is 80.7 Å². The van der Waals surface area contributed by atoms with Gasteiger partial charge in [0.05, 0.1) is 15.3 Å². The highest BCUT2D eigenvalue weighted by molar-refractivity contribution is 7.99. The Morgan fingerprint density at radius 3 is 2.35 bits per heavy atom. The first-order valence-corrected chi connectivity index (χ1v) is 24.4. The quantitative estimate of drug-likeness (QED) is 0.0546. The van der Waals surface area contributed by atoms with Crippen LogP contribution in [0.4, 0.5) is 22.9 Å². The number of rotatable bonds is 16. The molecule has 63 heavy (non-hydrogen) atoms. The van der Waals surface area contributed by atoms with E-state index in [2.05, 4.69) is 97.1 Å². The average Bonchev–Trinajstić information content (AvgIpc) is 3.29. The van der Waals surface area contributed by atoms with Crippen molar-refractivity contribution in [3.05, 3.63) is 142 Å². The van der Waals surface area contributed by atoms with Crippen LogP contribution in [0, 0.1) is 10.1 Å². The third-order valence-electron chi connectivity index (χ3n) is 12.3. The van der Waals surface area contributed by atoms with Crippen molar-refractivity contribution >= 4 is 67.2 Å². The number of halogens is 1. The second-order valence-corrected chi connectivity index (χ2v) is 19.7. The van der Waals surface area contributed by atoms with Crippen molar-refractivity contribution in [2.24, 2.45) is 0 Å². The predicted octanol–water partition coefficient (Wildman–Crippen LogP) is 10.2. The van der Waals surface area contributed by atoms with Gasteiger partial charge in [-0.1, -0.05) is 72.6 Å². The molecule has 8 rings (SSSR count). The Morgan fingerprint density at radius 2 is 1.60 bits per heavy atom. The fourth-order valence-electron chi connectivity index (χ4n) is 8.79. The lowest BCUT2D eigenvalue weighted by Crippen LogP contribution is -2.46. The van der Waals surface area contributed by atoms with Gasteiger partial charge >= 0.3 is 0 Å². The van der Waals surface area contributed by atoms with Gasteiger partial charge in [-0.25, -0.2) is 18.4 Å². The minimum Gasteiger partial charge on any atom is -0.376 e. The molecule has 0 bridgehead atoms. The Bertz CT molecular complexity index is 2620. The van der Waals surface area contributed by atoms with E-state index in [4.69, 9.17) is 11.6 Å². The zero-order chi connectivity index (χ0) is 43.9. The number of hydrogen-bond acceptors (Lipinski definition) is 11. The molecule has 5 aromatic carbocycles. The Kier molecular flexibility index (Phi) is 14.1. The van der Waals surface area contributed by atoms with Crippen LogP contribution in [0.2, 0.25) is 5.02 Å². The minimum atomic E-state index is -4.28. The highest BCUT2D eigenvalue weighted by atomic mass is 35.5. The standard InChI is InChI=1S/C48H53ClN8O4S2/c1-34-9-8-10-35(2)56(34)24-23-39(32-62-41-12-4-3-5-13-41)52-45-22-20-42(30-47(45)57(58)59)63(60,61)53-48-44-21-19-40(29-46(44)50-33-51-48)55-27-25-54(26-28-55)31-37-11-6-7-14-43(37)36-15-17-38(49)18-16-36/h3-7,11-22,29-30,33-35,39,52H,8-10,23-28,31-32H2,1-2H3,(H,50,51,53)/t34-,35+,39?. The van der Waals surface area contributed by atoms with E-state index in [9.17, 15) is 18.5 Å². The lowest BCUT2D eigenvalue weighted by Gasteiger charge is -2.39. The van der Waals surface area contributed by atoms with E-state index in [1.54, 1.807) is 11.8 Å². The van der Waals surface area contributed by atoms with Gasteiger partial charge in [0.2, 0.25) is 0 Å². The molecule has 3 heterocycles. The van der Waals surface area contributed by atoms with Crippen molar-refractivity contribution in [1.29, 1.82) is 0 Å². The Hall–Kier alpha value is -5.25. The second-order valence-electron chi connectivity index (χ2n) is 16.5. The van der Waals surface area contributed by atoms with E-state index >= 15 is 0 Å². The van der Waals surface area contributed by atoms with Crippen LogP contribution in [0.3, 0.4) is 0 Å². The van der Waals surface area contributed by atoms with Crippen LogP contribution in [0.25, 0.3) is 22.0 Å². The number of nitro benzene ring substituents is 1. The molecule has 2 N–H and O–H groups in total. The van der Waals surface area contributed by atoms with Crippen molar-refractivity contribution in [1.82, 2.24) is 19.8 Å². The number of piperidine rings is 1. The van der Waals surface area contributed by atoms with Crippen molar-refractivity contribution in [3.63, 3.8) is 0 Å². The molecule has 0 aliphatic carbocycles. The first kappa shape index (κ1) is 44.4. The number of hydrogen-bond donors (Lipinski definition) is 2. The molecule has 2 saturated heterocycles. The third kappa shape index (κ3) is 10.9. The number of anilines is 3. The van der Waals surface area contributed by atoms with E-state index < -0.39 is 14.9 Å². The summed E-state index contributed by atoms with van der Waals surface area (Å²) in [7, 11) is -4.28. The fourth-order valence-corrected chi connectivity index (χ4v) is 11.0. The molecule has 3 atom stereocenters. The fraction of sp³-hybridized carbons (Fsp3) is 0.333. The van der Waals surface area contributed by atoms with Gasteiger partial charge in [0.15, 0.2) is 5.82 Å². The summed E-state index contributed by atoms with van der Waals surface area (Å²) in [5.41, 5.74) is 5.13. The van der Waals surface area contributed by atoms with Crippen molar-refractivity contribution in [2.75, 3.05) is 53.4 Å². The summed E-state index contributed by atoms with van der Waals surface area (Å²) in [4.78, 5) is 29.0. The number of nitro groups is 1. The van der Waals surface area contributed by atoms with Crippen LogP contribution >= 0.6 is 23.4 Å². The molecule has 0 saturated carbocycles. The lowest BCUT2D eigenvalue weighted by atomic mass is 9.97. The van der Waals surface area contributed by atoms with Crippen LogP contribution in [0.15, 0.2) is 131 Å². The molecular weight excluding hydrogens is 852 g/mol. The van der Waals surface area contributed by atoms with Crippen molar-refractivity contribution in [2.45, 2.75) is 74.0 Å². The zero-order valence-corrected chi connectivity index (χ0v) is 38.0. The first-order valence-electron chi connectivity index (χ1n) is 21.6. The predicted molar refractivity (Wildman–Crippen MR) is 256 cm³/mol. The second kappa shape index (κ2) is 20.1. The summed E-state index contributed by atoms with van der Waals surface area (Å²) in [6.07, 6.45) is 5.63. The summed E-state index contributed by atoms with van der Waals surface area (Å²) in [6.45, 7) is 9.58. The number of fused-ring (bicyclic) bond motifs is 1. The molecule has 2 aliphatic rings. The topological polar surface area (TPSA) is 137 Å². The largest absolute Gasteiger partial charge is 0.376 e. The third-order valence-corrected chi connectivity index (χ3v) is 15.1. The zero-order valence-electron chi connectivity index (χ0n) is 35.6. The minimum absolute atomic E-state index is 0.0970. The van der Waals surface area contributed by atoms with Gasteiger partial charge in [-0.15, -0.1) is 11.8 Å². The van der Waals surface area contributed by atoms with Crippen LogP contribution in [0.5, 0.6) is 0 Å². The molecule has 1 aromatic heterocycles. The molecule has 2 aliphatic heterocycles. The normalized spacial score (nSPS) is 18.0. The highest BCUT2D eigenvalue weighted by Crippen LogP contribution is 2.33. The Balaban J connectivity index is 0.941. The number of benzene rings is 5. The summed E-state index contributed by atoms with van der Waals surface area (Å²) in [6, 6.07) is 37.1. The maximum absolute atomic E-state index is 13.9. The monoisotopic (exact) mass is 904 g/mol. The molecule has 0 amide bonds. The maximum Gasteiger partial charge on any atom is 0.293 e. The first-order chi connectivity index (χ1) is 30.5. The smallest absolute Gasteiger partial charge is 0.293 e. The number of piperazine rings is 1. The lowest BCUT2D eigenvalue weighted by molar-refractivity contribution is -0.384. The van der Waals surface area contributed by atoms with Gasteiger partial charge in [0.25, 0.3) is 15.7 Å². The number of nitrogens with one attached hydrogen (secondary N) is 2. The molecule has 1 unspecified atom stereocenters. The summed E-state index contributed by atoms with van der Waals surface area (Å²) >= 11 is 7.85. The Morgan fingerprint density at radius 1 is 0.873 bits per heavy atom. The van der Waals surface area contributed by atoms with E-state index in [1.807, 2.05) is 48.5 Å². The number of sulfonamides is 1. The average molecular weight is 906 g/mol. The molecule has 0 spiro atoms. The molecule has 2 fully saturated rings. The molecule has 328 valence electrons. The molecular formula is C48H53ClN8O4S2. The van der Waals surface area contributed by atoms with Gasteiger partial charge in [-0.2, -0.15) is 0 Å². The summed E-state index contributed by atoms with van der Waals surface area (Å²) in [5, 5.41) is 17.2. The van der Waals surface area contributed by atoms with Crippen LogP contribution in [-0.4, -0.2) is 89.7 Å². The Labute approximate surface area is 379 Å². The highest BCUT2D eigenvalue weighted by Gasteiger charge is 2.28. The molecule has 0 radical (unpaired) electrons. The summed E-state index contributed by atoms with van der Waals surface area (Å²) in [5.74, 6) is 0.776. The molecule has 6 aromatic rings.